The van der Waals surface area contributed by atoms with E-state index in [0.29, 0.717) is 10.9 Å². The molecule has 0 spiro atoms. The Balaban J connectivity index is 2.04. The molecule has 0 radical (unpaired) electrons. The minimum absolute atomic E-state index is 0.113. The van der Waals surface area contributed by atoms with Crippen LogP contribution in [0.4, 0.5) is 0 Å². The van der Waals surface area contributed by atoms with E-state index in [4.69, 9.17) is 4.74 Å². The summed E-state index contributed by atoms with van der Waals surface area (Å²) in [5.41, 5.74) is 1.56. The van der Waals surface area contributed by atoms with E-state index >= 15 is 0 Å². The SMILES string of the molecule is COCCCCSc1nc(-c2ccccc2)cc(=O)[nH]1. The zero-order chi connectivity index (χ0) is 14.2. The molecule has 106 valence electrons. The van der Waals surface area contributed by atoms with Gasteiger partial charge in [-0.3, -0.25) is 4.79 Å². The molecule has 1 aromatic heterocycles. The van der Waals surface area contributed by atoms with Crippen LogP contribution in [-0.2, 0) is 4.74 Å². The van der Waals surface area contributed by atoms with E-state index < -0.39 is 0 Å². The summed E-state index contributed by atoms with van der Waals surface area (Å²) in [5.74, 6) is 0.921. The number of unbranched alkanes of at least 4 members (excludes halogenated alkanes) is 1. The summed E-state index contributed by atoms with van der Waals surface area (Å²) in [7, 11) is 1.70. The van der Waals surface area contributed by atoms with Gasteiger partial charge in [0.05, 0.1) is 5.69 Å². The van der Waals surface area contributed by atoms with Gasteiger partial charge in [-0.05, 0) is 12.8 Å². The number of ether oxygens (including phenoxy) is 1. The number of nitrogens with zero attached hydrogens (tertiary/aromatic N) is 1. The molecule has 0 atom stereocenters. The lowest BCUT2D eigenvalue weighted by molar-refractivity contribution is 0.194. The smallest absolute Gasteiger partial charge is 0.252 e. The molecule has 2 aromatic rings. The van der Waals surface area contributed by atoms with Gasteiger partial charge in [0.1, 0.15) is 0 Å². The van der Waals surface area contributed by atoms with Crippen LogP contribution >= 0.6 is 11.8 Å². The molecular weight excluding hydrogens is 272 g/mol. The Morgan fingerprint density at radius 1 is 1.25 bits per heavy atom. The fraction of sp³-hybridized carbons (Fsp3) is 0.333. The number of thioether (sulfide) groups is 1. The number of nitrogens with one attached hydrogen (secondary N) is 1. The fourth-order valence-electron chi connectivity index (χ4n) is 1.78. The molecule has 5 heteroatoms. The lowest BCUT2D eigenvalue weighted by Gasteiger charge is -2.04. The van der Waals surface area contributed by atoms with Gasteiger partial charge < -0.3 is 9.72 Å². The number of hydrogen-bond acceptors (Lipinski definition) is 4. The number of aromatic nitrogens is 2. The molecular formula is C15H18N2O2S. The quantitative estimate of drug-likeness (QED) is 0.484. The van der Waals surface area contributed by atoms with Crippen LogP contribution in [0.2, 0.25) is 0 Å². The topological polar surface area (TPSA) is 55.0 Å². The fourth-order valence-corrected chi connectivity index (χ4v) is 2.66. The van der Waals surface area contributed by atoms with Crippen molar-refractivity contribution in [1.82, 2.24) is 9.97 Å². The summed E-state index contributed by atoms with van der Waals surface area (Å²) in [6.45, 7) is 0.772. The normalized spacial score (nSPS) is 10.7. The standard InChI is InChI=1S/C15H18N2O2S/c1-19-9-5-6-10-20-15-16-13(11-14(18)17-15)12-7-3-2-4-8-12/h2-4,7-8,11H,5-6,9-10H2,1H3,(H,16,17,18). The Kier molecular flexibility index (Phi) is 5.83. The molecule has 1 aromatic carbocycles. The Hall–Kier alpha value is -1.59. The molecule has 1 heterocycles. The highest BCUT2D eigenvalue weighted by Crippen LogP contribution is 2.19. The van der Waals surface area contributed by atoms with E-state index in [1.165, 1.54) is 6.07 Å². The molecule has 0 bridgehead atoms. The van der Waals surface area contributed by atoms with Crippen molar-refractivity contribution < 1.29 is 4.74 Å². The van der Waals surface area contributed by atoms with Gasteiger partial charge in [0, 0.05) is 31.1 Å². The number of methoxy groups -OCH3 is 1. The summed E-state index contributed by atoms with van der Waals surface area (Å²) >= 11 is 1.57. The van der Waals surface area contributed by atoms with Crippen molar-refractivity contribution >= 4 is 11.8 Å². The highest BCUT2D eigenvalue weighted by Gasteiger charge is 2.04. The molecule has 0 saturated heterocycles. The van der Waals surface area contributed by atoms with Crippen LogP contribution < -0.4 is 5.56 Å². The first kappa shape index (κ1) is 14.8. The average molecular weight is 290 g/mol. The van der Waals surface area contributed by atoms with Crippen LogP contribution in [0.25, 0.3) is 11.3 Å². The minimum Gasteiger partial charge on any atom is -0.385 e. The number of benzene rings is 1. The third-order valence-electron chi connectivity index (χ3n) is 2.77. The first-order valence-corrected chi connectivity index (χ1v) is 7.56. The molecule has 0 saturated carbocycles. The van der Waals surface area contributed by atoms with Crippen LogP contribution in [0, 0.1) is 0 Å². The van der Waals surface area contributed by atoms with Crippen molar-refractivity contribution in [2.75, 3.05) is 19.5 Å². The maximum Gasteiger partial charge on any atom is 0.252 e. The van der Waals surface area contributed by atoms with Crippen molar-refractivity contribution in [1.29, 1.82) is 0 Å². The largest absolute Gasteiger partial charge is 0.385 e. The molecule has 0 unspecified atom stereocenters. The minimum atomic E-state index is -0.113. The van der Waals surface area contributed by atoms with Crippen molar-refractivity contribution in [2.45, 2.75) is 18.0 Å². The van der Waals surface area contributed by atoms with Gasteiger partial charge in [-0.15, -0.1) is 0 Å². The molecule has 0 fully saturated rings. The first-order chi connectivity index (χ1) is 9.79. The Morgan fingerprint density at radius 2 is 2.05 bits per heavy atom. The second-order valence-electron chi connectivity index (χ2n) is 4.35. The van der Waals surface area contributed by atoms with E-state index in [2.05, 4.69) is 9.97 Å². The van der Waals surface area contributed by atoms with Gasteiger partial charge in [-0.1, -0.05) is 42.1 Å². The number of aromatic amines is 1. The molecule has 2 rings (SSSR count). The van der Waals surface area contributed by atoms with Gasteiger partial charge in [-0.2, -0.15) is 0 Å². The third kappa shape index (κ3) is 4.51. The van der Waals surface area contributed by atoms with Crippen LogP contribution in [-0.4, -0.2) is 29.4 Å². The Bertz CT molecular complexity index is 584. The molecule has 0 aliphatic carbocycles. The van der Waals surface area contributed by atoms with Gasteiger partial charge in [0.25, 0.3) is 5.56 Å². The number of H-pyrrole nitrogens is 1. The van der Waals surface area contributed by atoms with Crippen LogP contribution in [0.15, 0.2) is 46.3 Å². The van der Waals surface area contributed by atoms with Crippen LogP contribution in [0.3, 0.4) is 0 Å². The first-order valence-electron chi connectivity index (χ1n) is 6.58. The van der Waals surface area contributed by atoms with Crippen molar-refractivity contribution in [3.63, 3.8) is 0 Å². The summed E-state index contributed by atoms with van der Waals surface area (Å²) in [6, 6.07) is 11.3. The molecule has 4 nitrogen and oxygen atoms in total. The predicted octanol–water partition coefficient (Wildman–Crippen LogP) is 2.96. The van der Waals surface area contributed by atoms with Crippen molar-refractivity contribution in [3.05, 3.63) is 46.8 Å². The average Bonchev–Trinajstić information content (AvgIpc) is 2.47. The maximum atomic E-state index is 11.7. The maximum absolute atomic E-state index is 11.7. The van der Waals surface area contributed by atoms with Gasteiger partial charge in [0.2, 0.25) is 0 Å². The van der Waals surface area contributed by atoms with Crippen molar-refractivity contribution in [3.8, 4) is 11.3 Å². The third-order valence-corrected chi connectivity index (χ3v) is 3.73. The highest BCUT2D eigenvalue weighted by atomic mass is 32.2. The van der Waals surface area contributed by atoms with Crippen LogP contribution in [0.5, 0.6) is 0 Å². The second-order valence-corrected chi connectivity index (χ2v) is 5.43. The molecule has 0 aliphatic heterocycles. The molecule has 20 heavy (non-hydrogen) atoms. The van der Waals surface area contributed by atoms with Gasteiger partial charge >= 0.3 is 0 Å². The summed E-state index contributed by atoms with van der Waals surface area (Å²) in [5, 5.41) is 0.675. The van der Waals surface area contributed by atoms with Crippen molar-refractivity contribution in [2.24, 2.45) is 0 Å². The molecule has 0 amide bonds. The summed E-state index contributed by atoms with van der Waals surface area (Å²) in [6.07, 6.45) is 2.06. The van der Waals surface area contributed by atoms with Gasteiger partial charge in [0.15, 0.2) is 5.16 Å². The molecule has 0 aliphatic rings. The lowest BCUT2D eigenvalue weighted by atomic mass is 10.1. The van der Waals surface area contributed by atoms with E-state index in [9.17, 15) is 4.79 Å². The lowest BCUT2D eigenvalue weighted by Crippen LogP contribution is -2.08. The highest BCUT2D eigenvalue weighted by molar-refractivity contribution is 7.99. The summed E-state index contributed by atoms with van der Waals surface area (Å²) in [4.78, 5) is 19.0. The Labute approximate surface area is 122 Å². The van der Waals surface area contributed by atoms with E-state index in [0.717, 1.165) is 30.8 Å². The van der Waals surface area contributed by atoms with E-state index in [-0.39, 0.29) is 5.56 Å². The molecule has 1 N–H and O–H groups in total. The number of rotatable bonds is 7. The van der Waals surface area contributed by atoms with E-state index in [1.54, 1.807) is 18.9 Å². The zero-order valence-corrected chi connectivity index (χ0v) is 12.3. The summed E-state index contributed by atoms with van der Waals surface area (Å²) < 4.78 is 5.01. The van der Waals surface area contributed by atoms with E-state index in [1.807, 2.05) is 30.3 Å². The monoisotopic (exact) mass is 290 g/mol. The number of hydrogen-bond donors (Lipinski definition) is 1. The predicted molar refractivity (Wildman–Crippen MR) is 82.1 cm³/mol. The van der Waals surface area contributed by atoms with Crippen LogP contribution in [0.1, 0.15) is 12.8 Å². The second kappa shape index (κ2) is 7.87. The zero-order valence-electron chi connectivity index (χ0n) is 11.5. The Morgan fingerprint density at radius 3 is 2.80 bits per heavy atom. The van der Waals surface area contributed by atoms with Gasteiger partial charge in [-0.25, -0.2) is 4.98 Å².